The van der Waals surface area contributed by atoms with Gasteiger partial charge in [0.05, 0.1) is 6.67 Å². The van der Waals surface area contributed by atoms with Crippen LogP contribution in [0.15, 0.2) is 54.6 Å². The topological polar surface area (TPSA) is 34.8 Å². The predicted octanol–water partition coefficient (Wildman–Crippen LogP) is 4.38. The Morgan fingerprint density at radius 3 is 2.42 bits per heavy atom. The Kier molecular flexibility index (Phi) is 4.46. The highest BCUT2D eigenvalue weighted by Crippen LogP contribution is 2.41. The summed E-state index contributed by atoms with van der Waals surface area (Å²) in [6.45, 7) is 0.525. The predicted molar refractivity (Wildman–Crippen MR) is 103 cm³/mol. The first-order chi connectivity index (χ1) is 12.6. The highest BCUT2D eigenvalue weighted by molar-refractivity contribution is 7.71. The fourth-order valence-electron chi connectivity index (χ4n) is 3.52. The standard InChI is InChI=1S/C20H21FN4S/c1-24-18(15-6-3-2-4-7-15)23-25(19(24)26)14-22-20(12-5-13-20)16-8-10-17(21)11-9-16/h2-4,6-11,22H,5,12-14H2,1H3. The summed E-state index contributed by atoms with van der Waals surface area (Å²) < 4.78 is 17.7. The Bertz CT molecular complexity index is 956. The number of rotatable bonds is 5. The third-order valence-electron chi connectivity index (χ3n) is 5.24. The zero-order valence-corrected chi connectivity index (χ0v) is 15.5. The van der Waals surface area contributed by atoms with Gasteiger partial charge < -0.3 is 4.57 Å². The van der Waals surface area contributed by atoms with Gasteiger partial charge in [0.25, 0.3) is 0 Å². The zero-order valence-electron chi connectivity index (χ0n) is 14.7. The van der Waals surface area contributed by atoms with Gasteiger partial charge in [-0.05, 0) is 49.2 Å². The first kappa shape index (κ1) is 17.1. The SMILES string of the molecule is Cn1c(-c2ccccc2)nn(CNC2(c3ccc(F)cc3)CCC2)c1=S. The van der Waals surface area contributed by atoms with Gasteiger partial charge in [-0.25, -0.2) is 9.07 Å². The van der Waals surface area contributed by atoms with Crippen molar-refractivity contribution in [2.45, 2.75) is 31.5 Å². The average Bonchev–Trinajstić information content (AvgIpc) is 2.91. The van der Waals surface area contributed by atoms with Crippen LogP contribution < -0.4 is 5.32 Å². The molecule has 0 spiro atoms. The van der Waals surface area contributed by atoms with Crippen molar-refractivity contribution in [2.24, 2.45) is 7.05 Å². The lowest BCUT2D eigenvalue weighted by atomic mass is 9.72. The Morgan fingerprint density at radius 1 is 1.12 bits per heavy atom. The molecule has 26 heavy (non-hydrogen) atoms. The molecule has 0 unspecified atom stereocenters. The van der Waals surface area contributed by atoms with Crippen LogP contribution in [0.5, 0.6) is 0 Å². The minimum Gasteiger partial charge on any atom is -0.303 e. The van der Waals surface area contributed by atoms with E-state index in [2.05, 4.69) is 5.32 Å². The molecule has 0 radical (unpaired) electrons. The summed E-state index contributed by atoms with van der Waals surface area (Å²) in [6, 6.07) is 16.8. The van der Waals surface area contributed by atoms with E-state index in [0.717, 1.165) is 36.2 Å². The molecule has 0 atom stereocenters. The second-order valence-corrected chi connectivity index (χ2v) is 7.17. The molecule has 1 aromatic heterocycles. The molecule has 4 nitrogen and oxygen atoms in total. The molecule has 0 bridgehead atoms. The maximum absolute atomic E-state index is 13.3. The molecule has 2 aromatic carbocycles. The van der Waals surface area contributed by atoms with E-state index >= 15 is 0 Å². The third kappa shape index (κ3) is 2.99. The molecule has 0 amide bonds. The van der Waals surface area contributed by atoms with Crippen molar-refractivity contribution in [1.82, 2.24) is 19.7 Å². The Labute approximate surface area is 157 Å². The van der Waals surface area contributed by atoms with Gasteiger partial charge in [0, 0.05) is 18.2 Å². The number of aromatic nitrogens is 3. The molecular formula is C20H21FN4S. The quantitative estimate of drug-likeness (QED) is 0.679. The smallest absolute Gasteiger partial charge is 0.199 e. The van der Waals surface area contributed by atoms with Crippen LogP contribution in [0.25, 0.3) is 11.4 Å². The Balaban J connectivity index is 1.58. The number of benzene rings is 2. The van der Waals surface area contributed by atoms with E-state index in [9.17, 15) is 4.39 Å². The summed E-state index contributed by atoms with van der Waals surface area (Å²) in [7, 11) is 1.94. The molecule has 134 valence electrons. The van der Waals surface area contributed by atoms with E-state index in [1.54, 1.807) is 0 Å². The molecule has 1 aliphatic carbocycles. The zero-order chi connectivity index (χ0) is 18.1. The number of halogens is 1. The van der Waals surface area contributed by atoms with Crippen molar-refractivity contribution in [2.75, 3.05) is 0 Å². The van der Waals surface area contributed by atoms with Gasteiger partial charge in [-0.1, -0.05) is 42.5 Å². The number of nitrogens with zero attached hydrogens (tertiary/aromatic N) is 3. The van der Waals surface area contributed by atoms with Gasteiger partial charge in [-0.2, -0.15) is 5.10 Å². The molecule has 1 heterocycles. The molecule has 0 aliphatic heterocycles. The number of hydrogen-bond acceptors (Lipinski definition) is 3. The Hall–Kier alpha value is -2.31. The molecular weight excluding hydrogens is 347 g/mol. The van der Waals surface area contributed by atoms with Gasteiger partial charge in [-0.3, -0.25) is 5.32 Å². The van der Waals surface area contributed by atoms with Crippen molar-refractivity contribution < 1.29 is 4.39 Å². The number of hydrogen-bond donors (Lipinski definition) is 1. The highest BCUT2D eigenvalue weighted by Gasteiger charge is 2.38. The third-order valence-corrected chi connectivity index (χ3v) is 5.73. The van der Waals surface area contributed by atoms with Gasteiger partial charge in [0.15, 0.2) is 10.6 Å². The molecule has 1 fully saturated rings. The van der Waals surface area contributed by atoms with E-state index in [0.29, 0.717) is 11.4 Å². The maximum Gasteiger partial charge on any atom is 0.199 e. The molecule has 1 N–H and O–H groups in total. The molecule has 1 saturated carbocycles. The highest BCUT2D eigenvalue weighted by atomic mass is 32.1. The lowest BCUT2D eigenvalue weighted by Gasteiger charge is -2.43. The van der Waals surface area contributed by atoms with Gasteiger partial charge in [0.2, 0.25) is 0 Å². The Morgan fingerprint density at radius 2 is 1.81 bits per heavy atom. The second-order valence-electron chi connectivity index (χ2n) is 6.81. The van der Waals surface area contributed by atoms with Crippen LogP contribution in [0.3, 0.4) is 0 Å². The van der Waals surface area contributed by atoms with Crippen LogP contribution in [0.1, 0.15) is 24.8 Å². The van der Waals surface area contributed by atoms with Crippen LogP contribution in [0.4, 0.5) is 4.39 Å². The van der Waals surface area contributed by atoms with Crippen LogP contribution in [0.2, 0.25) is 0 Å². The van der Waals surface area contributed by atoms with E-state index in [1.807, 2.05) is 58.8 Å². The normalized spacial score (nSPS) is 15.6. The summed E-state index contributed by atoms with van der Waals surface area (Å²) >= 11 is 5.56. The molecule has 6 heteroatoms. The minimum absolute atomic E-state index is 0.118. The van der Waals surface area contributed by atoms with Crippen molar-refractivity contribution in [3.8, 4) is 11.4 Å². The molecule has 1 aliphatic rings. The lowest BCUT2D eigenvalue weighted by Crippen LogP contribution is -2.48. The van der Waals surface area contributed by atoms with Crippen molar-refractivity contribution in [3.63, 3.8) is 0 Å². The molecule has 0 saturated heterocycles. The number of nitrogens with one attached hydrogen (secondary N) is 1. The first-order valence-corrected chi connectivity index (χ1v) is 9.20. The largest absolute Gasteiger partial charge is 0.303 e. The maximum atomic E-state index is 13.3. The van der Waals surface area contributed by atoms with Crippen molar-refractivity contribution >= 4 is 12.2 Å². The summed E-state index contributed by atoms with van der Waals surface area (Å²) in [5.74, 6) is 0.643. The minimum atomic E-state index is -0.206. The molecule has 3 aromatic rings. The summed E-state index contributed by atoms with van der Waals surface area (Å²) in [6.07, 6.45) is 3.22. The van der Waals surface area contributed by atoms with Crippen molar-refractivity contribution in [1.29, 1.82) is 0 Å². The van der Waals surface area contributed by atoms with Gasteiger partial charge in [-0.15, -0.1) is 0 Å². The average molecular weight is 368 g/mol. The molecule has 4 rings (SSSR count). The summed E-state index contributed by atoms with van der Waals surface area (Å²) in [5, 5.41) is 8.32. The van der Waals surface area contributed by atoms with E-state index in [1.165, 1.54) is 12.1 Å². The van der Waals surface area contributed by atoms with Gasteiger partial charge >= 0.3 is 0 Å². The fourth-order valence-corrected chi connectivity index (χ4v) is 3.71. The lowest BCUT2D eigenvalue weighted by molar-refractivity contribution is 0.166. The summed E-state index contributed by atoms with van der Waals surface area (Å²) in [5.41, 5.74) is 2.04. The monoisotopic (exact) mass is 368 g/mol. The van der Waals surface area contributed by atoms with E-state index in [4.69, 9.17) is 17.3 Å². The van der Waals surface area contributed by atoms with E-state index < -0.39 is 0 Å². The van der Waals surface area contributed by atoms with Crippen LogP contribution in [-0.2, 0) is 19.3 Å². The van der Waals surface area contributed by atoms with Crippen LogP contribution in [0, 0.1) is 10.6 Å². The fraction of sp³-hybridized carbons (Fsp3) is 0.300. The first-order valence-electron chi connectivity index (χ1n) is 8.79. The van der Waals surface area contributed by atoms with Gasteiger partial charge in [0.1, 0.15) is 5.82 Å². The summed E-state index contributed by atoms with van der Waals surface area (Å²) in [4.78, 5) is 0. The second kappa shape index (κ2) is 6.78. The van der Waals surface area contributed by atoms with Crippen molar-refractivity contribution in [3.05, 3.63) is 70.7 Å². The van der Waals surface area contributed by atoms with Crippen LogP contribution in [-0.4, -0.2) is 14.3 Å². The van der Waals surface area contributed by atoms with Crippen LogP contribution >= 0.6 is 12.2 Å². The van der Waals surface area contributed by atoms with E-state index in [-0.39, 0.29) is 11.4 Å².